The van der Waals surface area contributed by atoms with Gasteiger partial charge in [-0.1, -0.05) is 51.1 Å². The molecule has 2 rings (SSSR count). The minimum absolute atomic E-state index is 0.260. The Balaban J connectivity index is 1.86. The van der Waals surface area contributed by atoms with Gasteiger partial charge in [0.2, 0.25) is 0 Å². The molecule has 1 unspecified atom stereocenters. The number of piperazine rings is 1. The fourth-order valence-electron chi connectivity index (χ4n) is 3.13. The summed E-state index contributed by atoms with van der Waals surface area (Å²) in [7, 11) is 0. The molecule has 0 saturated carbocycles. The lowest BCUT2D eigenvalue weighted by molar-refractivity contribution is 0.0472. The van der Waals surface area contributed by atoms with Crippen LogP contribution in [0.3, 0.4) is 0 Å². The molecule has 2 N–H and O–H groups in total. The molecule has 0 aromatic heterocycles. The van der Waals surface area contributed by atoms with Gasteiger partial charge >= 0.3 is 0 Å². The number of nitrogens with zero attached hydrogens (tertiary/aromatic N) is 2. The molecule has 112 valence electrons. The smallest absolute Gasteiger partial charge is 0.0267 e. The Labute approximate surface area is 123 Å². The predicted molar refractivity (Wildman–Crippen MR) is 85.6 cm³/mol. The Morgan fingerprint density at radius 1 is 1.05 bits per heavy atom. The fourth-order valence-corrected chi connectivity index (χ4v) is 3.13. The number of nitrogens with two attached hydrogens (primary N) is 1. The molecule has 1 aromatic carbocycles. The molecule has 1 heterocycles. The first-order valence-corrected chi connectivity index (χ1v) is 7.71. The topological polar surface area (TPSA) is 32.5 Å². The van der Waals surface area contributed by atoms with Crippen molar-refractivity contribution in [1.82, 2.24) is 9.80 Å². The summed E-state index contributed by atoms with van der Waals surface area (Å²) in [4.78, 5) is 5.11. The maximum absolute atomic E-state index is 5.99. The van der Waals surface area contributed by atoms with E-state index in [-0.39, 0.29) is 5.41 Å². The van der Waals surface area contributed by atoms with Crippen LogP contribution in [0.2, 0.25) is 0 Å². The molecule has 0 spiro atoms. The van der Waals surface area contributed by atoms with E-state index >= 15 is 0 Å². The SMILES string of the molecule is CC(C)(C)C(CN)N1CCN(Cc2ccccc2)CC1. The molecule has 1 aliphatic heterocycles. The third kappa shape index (κ3) is 4.05. The van der Waals surface area contributed by atoms with Crippen LogP contribution in [0.15, 0.2) is 30.3 Å². The lowest BCUT2D eigenvalue weighted by Gasteiger charge is -2.44. The van der Waals surface area contributed by atoms with E-state index in [1.54, 1.807) is 0 Å². The Hall–Kier alpha value is -0.900. The number of benzene rings is 1. The van der Waals surface area contributed by atoms with Gasteiger partial charge in [0.15, 0.2) is 0 Å². The molecule has 0 aliphatic carbocycles. The first-order chi connectivity index (χ1) is 9.50. The second kappa shape index (κ2) is 6.70. The molecular formula is C17H29N3. The zero-order chi connectivity index (χ0) is 14.6. The van der Waals surface area contributed by atoms with Gasteiger partial charge in [0.1, 0.15) is 0 Å². The number of hydrogen-bond acceptors (Lipinski definition) is 3. The third-order valence-corrected chi connectivity index (χ3v) is 4.32. The van der Waals surface area contributed by atoms with Crippen molar-refractivity contribution >= 4 is 0 Å². The Bertz CT molecular complexity index is 388. The maximum Gasteiger partial charge on any atom is 0.0267 e. The highest BCUT2D eigenvalue weighted by atomic mass is 15.3. The van der Waals surface area contributed by atoms with Gasteiger partial charge in [-0.15, -0.1) is 0 Å². The summed E-state index contributed by atoms with van der Waals surface area (Å²) in [6, 6.07) is 11.2. The lowest BCUT2D eigenvalue weighted by Crippen LogP contribution is -2.56. The molecule has 0 radical (unpaired) electrons. The van der Waals surface area contributed by atoms with E-state index < -0.39 is 0 Å². The molecule has 0 bridgehead atoms. The van der Waals surface area contributed by atoms with Gasteiger partial charge in [-0.05, 0) is 11.0 Å². The van der Waals surface area contributed by atoms with Crippen LogP contribution in [0.4, 0.5) is 0 Å². The van der Waals surface area contributed by atoms with Crippen LogP contribution in [0.5, 0.6) is 0 Å². The predicted octanol–water partition coefficient (Wildman–Crippen LogP) is 2.18. The highest BCUT2D eigenvalue weighted by molar-refractivity contribution is 5.14. The summed E-state index contributed by atoms with van der Waals surface area (Å²) >= 11 is 0. The Morgan fingerprint density at radius 2 is 1.65 bits per heavy atom. The molecule has 0 amide bonds. The first kappa shape index (κ1) is 15.5. The van der Waals surface area contributed by atoms with Gasteiger partial charge in [0.25, 0.3) is 0 Å². The van der Waals surface area contributed by atoms with Crippen LogP contribution in [-0.4, -0.2) is 48.6 Å². The second-order valence-electron chi connectivity index (χ2n) is 6.92. The maximum atomic E-state index is 5.99. The van der Waals surface area contributed by atoms with Crippen molar-refractivity contribution in [2.45, 2.75) is 33.4 Å². The second-order valence-corrected chi connectivity index (χ2v) is 6.92. The van der Waals surface area contributed by atoms with E-state index in [1.807, 2.05) is 0 Å². The summed E-state index contributed by atoms with van der Waals surface area (Å²) in [6.45, 7) is 13.2. The molecule has 1 atom stereocenters. The summed E-state index contributed by atoms with van der Waals surface area (Å²) < 4.78 is 0. The molecule has 3 heteroatoms. The molecule has 1 fully saturated rings. The summed E-state index contributed by atoms with van der Waals surface area (Å²) in [6.07, 6.45) is 0. The van der Waals surface area contributed by atoms with Gasteiger partial charge in [0, 0.05) is 45.3 Å². The minimum atomic E-state index is 0.260. The van der Waals surface area contributed by atoms with Crippen molar-refractivity contribution in [1.29, 1.82) is 0 Å². The van der Waals surface area contributed by atoms with Crippen molar-refractivity contribution in [2.75, 3.05) is 32.7 Å². The average Bonchev–Trinajstić information content (AvgIpc) is 2.41. The lowest BCUT2D eigenvalue weighted by atomic mass is 9.85. The summed E-state index contributed by atoms with van der Waals surface area (Å²) in [5.41, 5.74) is 7.66. The van der Waals surface area contributed by atoms with E-state index in [9.17, 15) is 0 Å². The molecular weight excluding hydrogens is 246 g/mol. The van der Waals surface area contributed by atoms with Crippen molar-refractivity contribution in [3.63, 3.8) is 0 Å². The quantitative estimate of drug-likeness (QED) is 0.914. The van der Waals surface area contributed by atoms with Crippen LogP contribution in [-0.2, 0) is 6.54 Å². The average molecular weight is 275 g/mol. The number of rotatable bonds is 4. The molecule has 20 heavy (non-hydrogen) atoms. The van der Waals surface area contributed by atoms with Crippen LogP contribution >= 0.6 is 0 Å². The largest absolute Gasteiger partial charge is 0.329 e. The minimum Gasteiger partial charge on any atom is -0.329 e. The van der Waals surface area contributed by atoms with Gasteiger partial charge in [-0.25, -0.2) is 0 Å². The van der Waals surface area contributed by atoms with Crippen molar-refractivity contribution in [3.8, 4) is 0 Å². The van der Waals surface area contributed by atoms with Crippen molar-refractivity contribution < 1.29 is 0 Å². The zero-order valence-corrected chi connectivity index (χ0v) is 13.2. The summed E-state index contributed by atoms with van der Waals surface area (Å²) in [5, 5.41) is 0. The normalized spacial score (nSPS) is 20.0. The Kier molecular flexibility index (Phi) is 5.19. The summed E-state index contributed by atoms with van der Waals surface area (Å²) in [5.74, 6) is 0. The highest BCUT2D eigenvalue weighted by Crippen LogP contribution is 2.24. The van der Waals surface area contributed by atoms with Crippen LogP contribution in [0, 0.1) is 5.41 Å². The molecule has 1 aliphatic rings. The molecule has 1 aromatic rings. The number of hydrogen-bond donors (Lipinski definition) is 1. The van der Waals surface area contributed by atoms with Gasteiger partial charge in [0.05, 0.1) is 0 Å². The Morgan fingerprint density at radius 3 is 2.15 bits per heavy atom. The van der Waals surface area contributed by atoms with E-state index in [1.165, 1.54) is 5.56 Å². The third-order valence-electron chi connectivity index (χ3n) is 4.32. The zero-order valence-electron chi connectivity index (χ0n) is 13.2. The van der Waals surface area contributed by atoms with Crippen LogP contribution < -0.4 is 5.73 Å². The van der Waals surface area contributed by atoms with Crippen molar-refractivity contribution in [2.24, 2.45) is 11.1 Å². The van der Waals surface area contributed by atoms with Gasteiger partial charge in [-0.3, -0.25) is 9.80 Å². The fraction of sp³-hybridized carbons (Fsp3) is 0.647. The van der Waals surface area contributed by atoms with E-state index in [0.29, 0.717) is 6.04 Å². The van der Waals surface area contributed by atoms with Crippen molar-refractivity contribution in [3.05, 3.63) is 35.9 Å². The van der Waals surface area contributed by atoms with Gasteiger partial charge in [-0.2, -0.15) is 0 Å². The van der Waals surface area contributed by atoms with Crippen LogP contribution in [0.1, 0.15) is 26.3 Å². The first-order valence-electron chi connectivity index (χ1n) is 7.71. The standard InChI is InChI=1S/C17H29N3/c1-17(2,3)16(13-18)20-11-9-19(10-12-20)14-15-7-5-4-6-8-15/h4-8,16H,9-14,18H2,1-3H3. The molecule has 3 nitrogen and oxygen atoms in total. The highest BCUT2D eigenvalue weighted by Gasteiger charge is 2.31. The van der Waals surface area contributed by atoms with Crippen LogP contribution in [0.25, 0.3) is 0 Å². The van der Waals surface area contributed by atoms with E-state index in [0.717, 1.165) is 39.3 Å². The molecule has 1 saturated heterocycles. The van der Waals surface area contributed by atoms with E-state index in [4.69, 9.17) is 5.73 Å². The monoisotopic (exact) mass is 275 g/mol. The van der Waals surface area contributed by atoms with Gasteiger partial charge < -0.3 is 5.73 Å². The van der Waals surface area contributed by atoms with E-state index in [2.05, 4.69) is 60.9 Å².